The van der Waals surface area contributed by atoms with E-state index in [1.807, 2.05) is 6.92 Å². The first-order chi connectivity index (χ1) is 7.18. The molecule has 4 nitrogen and oxygen atoms in total. The minimum absolute atomic E-state index is 0.155. The van der Waals surface area contributed by atoms with Gasteiger partial charge in [-0.15, -0.1) is 0 Å². The van der Waals surface area contributed by atoms with Crippen molar-refractivity contribution in [3.05, 3.63) is 46.0 Å². The minimum Gasteiger partial charge on any atom is -0.364 e. The van der Waals surface area contributed by atoms with Gasteiger partial charge in [-0.2, -0.15) is 0 Å². The summed E-state index contributed by atoms with van der Waals surface area (Å²) in [6.45, 7) is 3.64. The molecule has 0 aliphatic carbocycles. The first-order valence-corrected chi connectivity index (χ1v) is 4.83. The maximum Gasteiger partial charge on any atom is 0.271 e. The summed E-state index contributed by atoms with van der Waals surface area (Å²) in [5.74, 6) is 0. The number of aryl methyl sites for hydroxylation is 1. The Balaban J connectivity index is 2.36. The Morgan fingerprint density at radius 1 is 1.33 bits per heavy atom. The molecule has 0 saturated heterocycles. The summed E-state index contributed by atoms with van der Waals surface area (Å²) in [4.78, 5) is 12.4. The third-order valence-corrected chi connectivity index (χ3v) is 2.56. The Kier molecular flexibility index (Phi) is 2.41. The second-order valence-electron chi connectivity index (χ2n) is 3.60. The predicted octanol–water partition coefficient (Wildman–Crippen LogP) is 2.28. The van der Waals surface area contributed by atoms with Crippen molar-refractivity contribution in [1.82, 2.24) is 0 Å². The van der Waals surface area contributed by atoms with Gasteiger partial charge in [-0.05, 0) is 12.5 Å². The lowest BCUT2D eigenvalue weighted by molar-refractivity contribution is -0.384. The van der Waals surface area contributed by atoms with Gasteiger partial charge in [0.05, 0.1) is 4.92 Å². The quantitative estimate of drug-likeness (QED) is 0.422. The molecule has 0 fully saturated rings. The Morgan fingerprint density at radius 3 is 2.60 bits per heavy atom. The van der Waals surface area contributed by atoms with Crippen LogP contribution in [0.2, 0.25) is 0 Å². The van der Waals surface area contributed by atoms with E-state index in [9.17, 15) is 10.1 Å². The molecule has 0 bridgehead atoms. The molecule has 78 valence electrons. The number of anilines is 1. The molecule has 0 saturated carbocycles. The number of non-ortho nitro benzene ring substituents is 1. The predicted molar refractivity (Wildman–Crippen MR) is 59.2 cm³/mol. The van der Waals surface area contributed by atoms with E-state index in [2.05, 4.69) is 17.1 Å². The monoisotopic (exact) mass is 204 g/mol. The molecule has 0 radical (unpaired) electrons. The second-order valence-corrected chi connectivity index (χ2v) is 3.60. The van der Waals surface area contributed by atoms with Crippen LogP contribution < -0.4 is 4.90 Å². The van der Waals surface area contributed by atoms with Gasteiger partial charge < -0.3 is 4.90 Å². The van der Waals surface area contributed by atoms with Gasteiger partial charge in [0, 0.05) is 30.9 Å². The summed E-state index contributed by atoms with van der Waals surface area (Å²) >= 11 is 0. The van der Waals surface area contributed by atoms with Gasteiger partial charge in [0.1, 0.15) is 0 Å². The fourth-order valence-electron chi connectivity index (χ4n) is 1.73. The van der Waals surface area contributed by atoms with Crippen LogP contribution in [-0.4, -0.2) is 18.0 Å². The molecular formula is C11H12N2O2. The Bertz CT molecular complexity index is 419. The van der Waals surface area contributed by atoms with Gasteiger partial charge in [-0.3, -0.25) is 10.1 Å². The second kappa shape index (κ2) is 3.73. The Hall–Kier alpha value is -1.84. The third-order valence-electron chi connectivity index (χ3n) is 2.56. The highest BCUT2D eigenvalue weighted by atomic mass is 16.6. The van der Waals surface area contributed by atoms with Crippen molar-refractivity contribution < 1.29 is 4.92 Å². The van der Waals surface area contributed by atoms with Crippen LogP contribution in [0.5, 0.6) is 0 Å². The summed E-state index contributed by atoms with van der Waals surface area (Å²) in [7, 11) is 0. The van der Waals surface area contributed by atoms with Crippen LogP contribution in [-0.2, 0) is 0 Å². The van der Waals surface area contributed by atoms with Crippen LogP contribution in [0.1, 0.15) is 5.56 Å². The van der Waals surface area contributed by atoms with Crippen LogP contribution in [0, 0.1) is 17.0 Å². The van der Waals surface area contributed by atoms with E-state index in [0.29, 0.717) is 0 Å². The van der Waals surface area contributed by atoms with Gasteiger partial charge in [0.25, 0.3) is 5.69 Å². The highest BCUT2D eigenvalue weighted by Crippen LogP contribution is 2.26. The molecule has 0 N–H and O–H groups in total. The molecule has 15 heavy (non-hydrogen) atoms. The lowest BCUT2D eigenvalue weighted by atomic mass is 10.1. The maximum atomic E-state index is 10.7. The Labute approximate surface area is 88.0 Å². The molecule has 1 heterocycles. The first kappa shape index (κ1) is 9.71. The zero-order valence-corrected chi connectivity index (χ0v) is 8.51. The molecule has 1 aliphatic heterocycles. The van der Waals surface area contributed by atoms with Gasteiger partial charge >= 0.3 is 0 Å². The minimum atomic E-state index is -0.355. The highest BCUT2D eigenvalue weighted by Gasteiger charge is 2.14. The van der Waals surface area contributed by atoms with E-state index in [0.717, 1.165) is 24.3 Å². The fourth-order valence-corrected chi connectivity index (χ4v) is 1.73. The van der Waals surface area contributed by atoms with E-state index in [4.69, 9.17) is 0 Å². The molecule has 0 amide bonds. The maximum absolute atomic E-state index is 10.7. The summed E-state index contributed by atoms with van der Waals surface area (Å²) in [5.41, 5.74) is 2.18. The van der Waals surface area contributed by atoms with E-state index in [-0.39, 0.29) is 10.6 Å². The van der Waals surface area contributed by atoms with Crippen molar-refractivity contribution in [3.8, 4) is 0 Å². The number of nitro groups is 1. The van der Waals surface area contributed by atoms with Gasteiger partial charge in [0.15, 0.2) is 0 Å². The van der Waals surface area contributed by atoms with Crippen molar-refractivity contribution in [3.63, 3.8) is 0 Å². The topological polar surface area (TPSA) is 46.4 Å². The molecular weight excluding hydrogens is 192 g/mol. The molecule has 0 spiro atoms. The number of rotatable bonds is 2. The number of hydrogen-bond acceptors (Lipinski definition) is 3. The van der Waals surface area contributed by atoms with Crippen molar-refractivity contribution in [2.45, 2.75) is 6.92 Å². The van der Waals surface area contributed by atoms with Crippen molar-refractivity contribution in [2.75, 3.05) is 18.0 Å². The van der Waals surface area contributed by atoms with Gasteiger partial charge in [-0.1, -0.05) is 18.2 Å². The lowest BCUT2D eigenvalue weighted by Crippen LogP contribution is -2.19. The molecule has 1 aliphatic rings. The van der Waals surface area contributed by atoms with Crippen molar-refractivity contribution in [1.29, 1.82) is 0 Å². The number of nitro benzene ring substituents is 1. The molecule has 4 heteroatoms. The van der Waals surface area contributed by atoms with E-state index >= 15 is 0 Å². The zero-order valence-electron chi connectivity index (χ0n) is 8.51. The fraction of sp³-hybridized carbons (Fsp3) is 0.273. The summed E-state index contributed by atoms with van der Waals surface area (Å²) in [6, 6.07) is 4.98. The van der Waals surface area contributed by atoms with Crippen LogP contribution >= 0.6 is 0 Å². The van der Waals surface area contributed by atoms with Gasteiger partial charge in [-0.25, -0.2) is 0 Å². The average molecular weight is 204 g/mol. The van der Waals surface area contributed by atoms with E-state index in [1.165, 1.54) is 0 Å². The smallest absolute Gasteiger partial charge is 0.271 e. The van der Waals surface area contributed by atoms with Crippen molar-refractivity contribution in [2.24, 2.45) is 0 Å². The molecule has 1 aromatic rings. The molecule has 1 aromatic carbocycles. The zero-order chi connectivity index (χ0) is 10.8. The van der Waals surface area contributed by atoms with Crippen LogP contribution in [0.3, 0.4) is 0 Å². The summed E-state index contributed by atoms with van der Waals surface area (Å²) in [5, 5.41) is 10.7. The summed E-state index contributed by atoms with van der Waals surface area (Å²) < 4.78 is 0. The number of benzene rings is 1. The average Bonchev–Trinajstić information content (AvgIpc) is 2.71. The van der Waals surface area contributed by atoms with Crippen LogP contribution in [0.4, 0.5) is 11.4 Å². The lowest BCUT2D eigenvalue weighted by Gasteiger charge is -2.19. The number of nitrogens with zero attached hydrogens (tertiary/aromatic N) is 2. The molecule has 0 atom stereocenters. The van der Waals surface area contributed by atoms with Gasteiger partial charge in [0.2, 0.25) is 0 Å². The van der Waals surface area contributed by atoms with E-state index < -0.39 is 0 Å². The van der Waals surface area contributed by atoms with E-state index in [1.54, 1.807) is 18.2 Å². The Morgan fingerprint density at radius 2 is 2.00 bits per heavy atom. The number of hydrogen-bond donors (Lipinski definition) is 0. The standard InChI is InChI=1S/C11H12N2O2/c1-9-4-5-10(13(14)15)8-11(9)12-6-2-3-7-12/h2-5,8H,6-7H2,1H3. The van der Waals surface area contributed by atoms with Crippen LogP contribution in [0.15, 0.2) is 30.4 Å². The molecule has 0 unspecified atom stereocenters. The SMILES string of the molecule is Cc1ccc([N+](=O)[O-])cc1N1CC=CC1. The third kappa shape index (κ3) is 1.83. The summed E-state index contributed by atoms with van der Waals surface area (Å²) in [6.07, 6.45) is 4.14. The molecule has 2 rings (SSSR count). The normalized spacial score (nSPS) is 14.6. The highest BCUT2D eigenvalue weighted by molar-refractivity contribution is 5.60. The molecule has 0 aromatic heterocycles. The van der Waals surface area contributed by atoms with Crippen LogP contribution in [0.25, 0.3) is 0 Å². The largest absolute Gasteiger partial charge is 0.364 e. The van der Waals surface area contributed by atoms with Crippen molar-refractivity contribution >= 4 is 11.4 Å². The first-order valence-electron chi connectivity index (χ1n) is 4.83.